The van der Waals surface area contributed by atoms with Crippen molar-refractivity contribution >= 4 is 41.3 Å². The maximum absolute atomic E-state index is 6.06. The second-order valence-electron chi connectivity index (χ2n) is 6.80. The molecule has 5 heteroatoms. The van der Waals surface area contributed by atoms with Crippen LogP contribution in [-0.4, -0.2) is 19.0 Å². The van der Waals surface area contributed by atoms with Gasteiger partial charge in [-0.1, -0.05) is 50.3 Å². The zero-order valence-electron chi connectivity index (χ0n) is 16.1. The van der Waals surface area contributed by atoms with E-state index in [9.17, 15) is 0 Å². The van der Waals surface area contributed by atoms with Gasteiger partial charge in [0, 0.05) is 24.5 Å². The molecule has 1 aliphatic rings. The molecule has 0 fully saturated rings. The van der Waals surface area contributed by atoms with Gasteiger partial charge in [0.05, 0.1) is 6.54 Å². The molecule has 3 rings (SSSR count). The molecule has 1 aliphatic heterocycles. The summed E-state index contributed by atoms with van der Waals surface area (Å²) in [5.74, 6) is 1.02. The van der Waals surface area contributed by atoms with Gasteiger partial charge in [-0.3, -0.25) is 0 Å². The molecular formula is C22H29IN4. The summed E-state index contributed by atoms with van der Waals surface area (Å²) >= 11 is 0. The lowest BCUT2D eigenvalue weighted by atomic mass is 9.99. The highest BCUT2D eigenvalue weighted by atomic mass is 127. The van der Waals surface area contributed by atoms with Crippen LogP contribution in [-0.2, 0) is 6.54 Å². The normalized spacial score (nSPS) is 14.7. The highest BCUT2D eigenvalue weighted by Crippen LogP contribution is 2.21. The van der Waals surface area contributed by atoms with Crippen molar-refractivity contribution in [3.8, 4) is 0 Å². The highest BCUT2D eigenvalue weighted by molar-refractivity contribution is 14.0. The largest absolute Gasteiger partial charge is 0.370 e. The first-order valence-electron chi connectivity index (χ1n) is 9.31. The molecule has 4 nitrogen and oxygen atoms in total. The van der Waals surface area contributed by atoms with Crippen LogP contribution in [0.15, 0.2) is 65.7 Å². The summed E-state index contributed by atoms with van der Waals surface area (Å²) in [5.41, 5.74) is 10.8. The molecule has 0 amide bonds. The zero-order valence-corrected chi connectivity index (χ0v) is 18.4. The third-order valence-corrected chi connectivity index (χ3v) is 4.89. The maximum atomic E-state index is 6.06. The second kappa shape index (κ2) is 10.3. The van der Waals surface area contributed by atoms with Gasteiger partial charge < -0.3 is 16.0 Å². The number of guanidine groups is 1. The van der Waals surface area contributed by atoms with Gasteiger partial charge in [-0.2, -0.15) is 0 Å². The van der Waals surface area contributed by atoms with Crippen LogP contribution >= 0.6 is 24.0 Å². The predicted octanol–water partition coefficient (Wildman–Crippen LogP) is 5.12. The number of anilines is 2. The number of nitrogens with one attached hydrogen (secondary N) is 1. The highest BCUT2D eigenvalue weighted by Gasteiger charge is 2.07. The number of hydrogen-bond acceptors (Lipinski definition) is 2. The first-order chi connectivity index (χ1) is 12.7. The number of nitrogens with zero attached hydrogens (tertiary/aromatic N) is 2. The molecule has 0 aromatic heterocycles. The van der Waals surface area contributed by atoms with E-state index in [4.69, 9.17) is 5.73 Å². The minimum atomic E-state index is 0. The molecule has 0 saturated carbocycles. The Bertz CT molecular complexity index is 775. The van der Waals surface area contributed by atoms with Gasteiger partial charge in [-0.05, 0) is 47.7 Å². The van der Waals surface area contributed by atoms with Gasteiger partial charge in [-0.15, -0.1) is 24.0 Å². The summed E-state index contributed by atoms with van der Waals surface area (Å²) in [4.78, 5) is 6.81. The Balaban J connectivity index is 0.00000261. The summed E-state index contributed by atoms with van der Waals surface area (Å²) in [5, 5.41) is 3.17. The van der Waals surface area contributed by atoms with E-state index < -0.39 is 0 Å². The van der Waals surface area contributed by atoms with Crippen molar-refractivity contribution < 1.29 is 0 Å². The minimum Gasteiger partial charge on any atom is -0.370 e. The van der Waals surface area contributed by atoms with Crippen molar-refractivity contribution in [2.45, 2.75) is 32.7 Å². The predicted molar refractivity (Wildman–Crippen MR) is 127 cm³/mol. The van der Waals surface area contributed by atoms with Crippen LogP contribution in [0.1, 0.15) is 37.3 Å². The molecule has 1 unspecified atom stereocenters. The van der Waals surface area contributed by atoms with E-state index in [-0.39, 0.29) is 24.0 Å². The van der Waals surface area contributed by atoms with E-state index in [0.29, 0.717) is 18.4 Å². The first-order valence-corrected chi connectivity index (χ1v) is 9.31. The Hall–Kier alpha value is -2.02. The van der Waals surface area contributed by atoms with Gasteiger partial charge >= 0.3 is 0 Å². The zero-order chi connectivity index (χ0) is 18.4. The van der Waals surface area contributed by atoms with Crippen molar-refractivity contribution in [2.75, 3.05) is 23.3 Å². The fourth-order valence-electron chi connectivity index (χ4n) is 3.03. The molecule has 2 aromatic rings. The maximum Gasteiger partial charge on any atom is 0.193 e. The summed E-state index contributed by atoms with van der Waals surface area (Å²) < 4.78 is 0. The van der Waals surface area contributed by atoms with Gasteiger partial charge in [0.1, 0.15) is 0 Å². The Labute approximate surface area is 179 Å². The average molecular weight is 476 g/mol. The van der Waals surface area contributed by atoms with E-state index in [0.717, 1.165) is 30.8 Å². The number of aliphatic imine (C=N–C) groups is 1. The van der Waals surface area contributed by atoms with Crippen LogP contribution in [0, 0.1) is 0 Å². The van der Waals surface area contributed by atoms with E-state index >= 15 is 0 Å². The molecule has 3 N–H and O–H groups in total. The Morgan fingerprint density at radius 1 is 1.15 bits per heavy atom. The molecular weight excluding hydrogens is 447 g/mol. The SMILES string of the molecule is CCC(C)c1ccc(NC(N)=NCc2cccc(N3CC=CC3)c2)cc1.I. The van der Waals surface area contributed by atoms with Gasteiger partial charge in [0.25, 0.3) is 0 Å². The van der Waals surface area contributed by atoms with Crippen LogP contribution < -0.4 is 16.0 Å². The Morgan fingerprint density at radius 3 is 2.52 bits per heavy atom. The smallest absolute Gasteiger partial charge is 0.193 e. The quantitative estimate of drug-likeness (QED) is 0.263. The number of hydrogen-bond donors (Lipinski definition) is 2. The van der Waals surface area contributed by atoms with Crippen LogP contribution in [0.5, 0.6) is 0 Å². The topological polar surface area (TPSA) is 53.6 Å². The van der Waals surface area contributed by atoms with Gasteiger partial charge in [0.2, 0.25) is 0 Å². The summed E-state index contributed by atoms with van der Waals surface area (Å²) in [6.45, 7) is 6.96. The molecule has 0 saturated heterocycles. The summed E-state index contributed by atoms with van der Waals surface area (Å²) in [6.07, 6.45) is 5.53. The lowest BCUT2D eigenvalue weighted by Gasteiger charge is -2.18. The van der Waals surface area contributed by atoms with Crippen LogP contribution in [0.3, 0.4) is 0 Å². The number of benzene rings is 2. The number of halogens is 1. The third kappa shape index (κ3) is 5.99. The average Bonchev–Trinajstić information content (AvgIpc) is 3.21. The van der Waals surface area contributed by atoms with Crippen LogP contribution in [0.25, 0.3) is 0 Å². The fourth-order valence-corrected chi connectivity index (χ4v) is 3.03. The lowest BCUT2D eigenvalue weighted by Crippen LogP contribution is -2.22. The molecule has 0 bridgehead atoms. The molecule has 144 valence electrons. The van der Waals surface area contributed by atoms with Gasteiger partial charge in [-0.25, -0.2) is 4.99 Å². The molecule has 0 spiro atoms. The lowest BCUT2D eigenvalue weighted by molar-refractivity contribution is 0.734. The van der Waals surface area contributed by atoms with E-state index in [1.165, 1.54) is 11.3 Å². The third-order valence-electron chi connectivity index (χ3n) is 4.89. The molecule has 0 radical (unpaired) electrons. The second-order valence-corrected chi connectivity index (χ2v) is 6.80. The summed E-state index contributed by atoms with van der Waals surface area (Å²) in [7, 11) is 0. The van der Waals surface area contributed by atoms with E-state index in [2.05, 4.69) is 89.7 Å². The van der Waals surface area contributed by atoms with E-state index in [1.807, 2.05) is 0 Å². The van der Waals surface area contributed by atoms with Crippen molar-refractivity contribution in [1.82, 2.24) is 0 Å². The van der Waals surface area contributed by atoms with Crippen LogP contribution in [0.2, 0.25) is 0 Å². The molecule has 1 heterocycles. The number of rotatable bonds is 6. The standard InChI is InChI=1S/C22H28N4.HI/c1-3-17(2)19-9-11-20(12-10-19)25-22(23)24-16-18-7-6-8-21(15-18)26-13-4-5-14-26;/h4-12,15,17H,3,13-14,16H2,1-2H3,(H3,23,24,25);1H. The van der Waals surface area contributed by atoms with Crippen molar-refractivity contribution in [3.63, 3.8) is 0 Å². The fraction of sp³-hybridized carbons (Fsp3) is 0.318. The molecule has 1 atom stereocenters. The Kier molecular flexibility index (Phi) is 8.16. The summed E-state index contributed by atoms with van der Waals surface area (Å²) in [6, 6.07) is 16.9. The van der Waals surface area contributed by atoms with Crippen LogP contribution in [0.4, 0.5) is 11.4 Å². The molecule has 0 aliphatic carbocycles. The van der Waals surface area contributed by atoms with Crippen molar-refractivity contribution in [1.29, 1.82) is 0 Å². The van der Waals surface area contributed by atoms with Crippen molar-refractivity contribution in [3.05, 3.63) is 71.8 Å². The van der Waals surface area contributed by atoms with Gasteiger partial charge in [0.15, 0.2) is 5.96 Å². The van der Waals surface area contributed by atoms with E-state index in [1.54, 1.807) is 0 Å². The minimum absolute atomic E-state index is 0. The Morgan fingerprint density at radius 2 is 1.85 bits per heavy atom. The van der Waals surface area contributed by atoms with Crippen molar-refractivity contribution in [2.24, 2.45) is 10.7 Å². The molecule has 2 aromatic carbocycles. The first kappa shape index (κ1) is 21.3. The molecule has 27 heavy (non-hydrogen) atoms. The number of nitrogens with two attached hydrogens (primary N) is 1. The monoisotopic (exact) mass is 476 g/mol.